The highest BCUT2D eigenvalue weighted by Crippen LogP contribution is 2.22. The molecule has 0 aliphatic rings. The van der Waals surface area contributed by atoms with Crippen molar-refractivity contribution in [1.82, 2.24) is 10.3 Å². The van der Waals surface area contributed by atoms with Crippen molar-refractivity contribution in [3.05, 3.63) is 29.0 Å². The number of nitrogens with one attached hydrogen (secondary N) is 1. The van der Waals surface area contributed by atoms with E-state index in [1.54, 1.807) is 23.5 Å². The Hall–Kier alpha value is -1.000. The third-order valence-corrected chi connectivity index (χ3v) is 3.36. The van der Waals surface area contributed by atoms with Gasteiger partial charge in [-0.3, -0.25) is 0 Å². The number of hydrogen-bond donors (Lipinski definition) is 1. The fraction of sp³-hybridized carbons (Fsp3) is 0.417. The molecule has 0 atom stereocenters. The van der Waals surface area contributed by atoms with E-state index in [1.807, 2.05) is 0 Å². The lowest BCUT2D eigenvalue weighted by molar-refractivity contribution is 0.590. The van der Waals surface area contributed by atoms with E-state index >= 15 is 0 Å². The molecule has 0 spiro atoms. The number of halogens is 1. The number of aromatic nitrogens is 1. The summed E-state index contributed by atoms with van der Waals surface area (Å²) in [7, 11) is 0. The average Bonchev–Trinajstić information content (AvgIpc) is 2.58. The third-order valence-electron chi connectivity index (χ3n) is 2.29. The van der Waals surface area contributed by atoms with Gasteiger partial charge in [0, 0.05) is 19.0 Å². The molecule has 0 saturated heterocycles. The fourth-order valence-electron chi connectivity index (χ4n) is 1.52. The molecule has 86 valence electrons. The van der Waals surface area contributed by atoms with E-state index in [2.05, 4.69) is 24.1 Å². The Labute approximate surface area is 98.5 Å². The maximum atomic E-state index is 13.0. The Morgan fingerprint density at radius 2 is 2.25 bits per heavy atom. The second-order valence-corrected chi connectivity index (χ2v) is 5.19. The molecule has 2 rings (SSSR count). The van der Waals surface area contributed by atoms with Crippen LogP contribution in [0.25, 0.3) is 10.2 Å². The smallest absolute Gasteiger partial charge is 0.124 e. The molecule has 4 heteroatoms. The maximum Gasteiger partial charge on any atom is 0.124 e. The van der Waals surface area contributed by atoms with Crippen LogP contribution in [0.4, 0.5) is 4.39 Å². The molecule has 0 amide bonds. The number of hydrogen-bond acceptors (Lipinski definition) is 3. The summed E-state index contributed by atoms with van der Waals surface area (Å²) in [5.41, 5.74) is 0.894. The van der Waals surface area contributed by atoms with Crippen molar-refractivity contribution in [2.24, 2.45) is 0 Å². The number of benzene rings is 1. The summed E-state index contributed by atoms with van der Waals surface area (Å²) in [6.07, 6.45) is 0.902. The lowest BCUT2D eigenvalue weighted by Gasteiger charge is -2.05. The van der Waals surface area contributed by atoms with E-state index in [1.165, 1.54) is 6.07 Å². The van der Waals surface area contributed by atoms with Gasteiger partial charge >= 0.3 is 0 Å². The van der Waals surface area contributed by atoms with E-state index in [9.17, 15) is 4.39 Å². The van der Waals surface area contributed by atoms with Crippen molar-refractivity contribution in [1.29, 1.82) is 0 Å². The van der Waals surface area contributed by atoms with E-state index in [-0.39, 0.29) is 5.82 Å². The Bertz CT molecular complexity index is 479. The summed E-state index contributed by atoms with van der Waals surface area (Å²) in [6, 6.07) is 5.23. The van der Waals surface area contributed by atoms with Gasteiger partial charge in [0.1, 0.15) is 5.82 Å². The molecule has 1 aromatic carbocycles. The molecule has 0 unspecified atom stereocenters. The molecular weight excluding hydrogens is 223 g/mol. The van der Waals surface area contributed by atoms with Gasteiger partial charge in [-0.25, -0.2) is 9.37 Å². The van der Waals surface area contributed by atoms with Crippen LogP contribution in [0.2, 0.25) is 0 Å². The van der Waals surface area contributed by atoms with Crippen LogP contribution in [-0.2, 0) is 6.42 Å². The highest BCUT2D eigenvalue weighted by Gasteiger charge is 2.04. The van der Waals surface area contributed by atoms with Crippen molar-refractivity contribution in [3.8, 4) is 0 Å². The van der Waals surface area contributed by atoms with Crippen LogP contribution < -0.4 is 5.32 Å². The highest BCUT2D eigenvalue weighted by molar-refractivity contribution is 7.18. The van der Waals surface area contributed by atoms with Gasteiger partial charge in [0.15, 0.2) is 0 Å². The second kappa shape index (κ2) is 4.89. The van der Waals surface area contributed by atoms with Crippen LogP contribution in [0, 0.1) is 5.82 Å². The minimum atomic E-state index is -0.192. The minimum absolute atomic E-state index is 0.192. The van der Waals surface area contributed by atoms with Crippen LogP contribution in [0.15, 0.2) is 18.2 Å². The van der Waals surface area contributed by atoms with Crippen LogP contribution in [0.3, 0.4) is 0 Å². The first-order valence-corrected chi connectivity index (χ1v) is 6.25. The van der Waals surface area contributed by atoms with Gasteiger partial charge in [-0.15, -0.1) is 11.3 Å². The molecule has 0 radical (unpaired) electrons. The highest BCUT2D eigenvalue weighted by atomic mass is 32.1. The number of nitrogens with zero attached hydrogens (tertiary/aromatic N) is 1. The van der Waals surface area contributed by atoms with Crippen LogP contribution >= 0.6 is 11.3 Å². The Morgan fingerprint density at radius 1 is 1.44 bits per heavy atom. The summed E-state index contributed by atoms with van der Waals surface area (Å²) in [4.78, 5) is 4.46. The van der Waals surface area contributed by atoms with Crippen molar-refractivity contribution in [2.75, 3.05) is 6.54 Å². The second-order valence-electron chi connectivity index (χ2n) is 4.08. The number of rotatable bonds is 4. The monoisotopic (exact) mass is 238 g/mol. The topological polar surface area (TPSA) is 24.9 Å². The van der Waals surface area contributed by atoms with E-state index in [4.69, 9.17) is 0 Å². The van der Waals surface area contributed by atoms with Crippen molar-refractivity contribution in [3.63, 3.8) is 0 Å². The Morgan fingerprint density at radius 3 is 3.00 bits per heavy atom. The molecule has 1 N–H and O–H groups in total. The van der Waals surface area contributed by atoms with E-state index < -0.39 is 0 Å². The van der Waals surface area contributed by atoms with Gasteiger partial charge < -0.3 is 5.32 Å². The zero-order chi connectivity index (χ0) is 11.5. The van der Waals surface area contributed by atoms with Gasteiger partial charge in [0.05, 0.1) is 15.2 Å². The average molecular weight is 238 g/mol. The maximum absolute atomic E-state index is 13.0. The summed E-state index contributed by atoms with van der Waals surface area (Å²) < 4.78 is 13.9. The Balaban J connectivity index is 2.08. The largest absolute Gasteiger partial charge is 0.314 e. The summed E-state index contributed by atoms with van der Waals surface area (Å²) >= 11 is 1.57. The molecule has 0 aliphatic heterocycles. The SMILES string of the molecule is CC(C)NCCc1nc2ccc(F)cc2s1. The van der Waals surface area contributed by atoms with Gasteiger partial charge in [0.2, 0.25) is 0 Å². The quantitative estimate of drug-likeness (QED) is 0.885. The van der Waals surface area contributed by atoms with Crippen LogP contribution in [-0.4, -0.2) is 17.6 Å². The standard InChI is InChI=1S/C12H15FN2S/c1-8(2)14-6-5-12-15-10-4-3-9(13)7-11(10)16-12/h3-4,7-8,14H,5-6H2,1-2H3. The minimum Gasteiger partial charge on any atom is -0.314 e. The van der Waals surface area contributed by atoms with Crippen molar-refractivity contribution in [2.45, 2.75) is 26.3 Å². The molecule has 0 saturated carbocycles. The molecule has 2 aromatic rings. The predicted octanol–water partition coefficient (Wildman–Crippen LogP) is 2.98. The van der Waals surface area contributed by atoms with Gasteiger partial charge in [-0.05, 0) is 18.2 Å². The first-order chi connectivity index (χ1) is 7.65. The Kier molecular flexibility index (Phi) is 3.51. The summed E-state index contributed by atoms with van der Waals surface area (Å²) in [5.74, 6) is -0.192. The molecular formula is C12H15FN2S. The van der Waals surface area contributed by atoms with Crippen LogP contribution in [0.5, 0.6) is 0 Å². The third kappa shape index (κ3) is 2.77. The zero-order valence-electron chi connectivity index (χ0n) is 9.46. The lowest BCUT2D eigenvalue weighted by atomic mass is 10.3. The molecule has 0 aliphatic carbocycles. The molecule has 16 heavy (non-hydrogen) atoms. The summed E-state index contributed by atoms with van der Waals surface area (Å²) in [6.45, 7) is 5.15. The molecule has 0 bridgehead atoms. The molecule has 1 aromatic heterocycles. The van der Waals surface area contributed by atoms with Crippen molar-refractivity contribution >= 4 is 21.6 Å². The first kappa shape index (κ1) is 11.5. The summed E-state index contributed by atoms with van der Waals surface area (Å²) in [5, 5.41) is 4.41. The van der Waals surface area contributed by atoms with Gasteiger partial charge in [0.25, 0.3) is 0 Å². The predicted molar refractivity (Wildman–Crippen MR) is 66.4 cm³/mol. The van der Waals surface area contributed by atoms with E-state index in [0.29, 0.717) is 6.04 Å². The number of thiazole rings is 1. The lowest BCUT2D eigenvalue weighted by Crippen LogP contribution is -2.24. The molecule has 1 heterocycles. The van der Waals surface area contributed by atoms with E-state index in [0.717, 1.165) is 28.2 Å². The van der Waals surface area contributed by atoms with Crippen LogP contribution in [0.1, 0.15) is 18.9 Å². The molecule has 0 fully saturated rings. The zero-order valence-corrected chi connectivity index (χ0v) is 10.3. The molecule has 2 nitrogen and oxygen atoms in total. The van der Waals surface area contributed by atoms with Gasteiger partial charge in [-0.2, -0.15) is 0 Å². The first-order valence-electron chi connectivity index (χ1n) is 5.43. The van der Waals surface area contributed by atoms with Crippen molar-refractivity contribution < 1.29 is 4.39 Å². The fourth-order valence-corrected chi connectivity index (χ4v) is 2.51. The normalized spacial score (nSPS) is 11.5. The van der Waals surface area contributed by atoms with Gasteiger partial charge in [-0.1, -0.05) is 13.8 Å². The number of fused-ring (bicyclic) bond motifs is 1.